The van der Waals surface area contributed by atoms with Gasteiger partial charge in [-0.05, 0) is 64.9 Å². The highest BCUT2D eigenvalue weighted by Crippen LogP contribution is 2.42. The van der Waals surface area contributed by atoms with E-state index >= 15 is 0 Å². The van der Waals surface area contributed by atoms with Gasteiger partial charge in [-0.15, -0.1) is 6.58 Å². The third-order valence-corrected chi connectivity index (χ3v) is 4.31. The van der Waals surface area contributed by atoms with E-state index in [1.165, 1.54) is 30.3 Å². The van der Waals surface area contributed by atoms with Crippen LogP contribution in [0.4, 0.5) is 5.69 Å². The smallest absolute Gasteiger partial charge is 0.0405 e. The summed E-state index contributed by atoms with van der Waals surface area (Å²) in [6.45, 7) is 23.3. The highest BCUT2D eigenvalue weighted by atomic mass is 15.2. The maximum Gasteiger partial charge on any atom is 0.0405 e. The minimum atomic E-state index is 0.645. The van der Waals surface area contributed by atoms with Gasteiger partial charge in [0, 0.05) is 30.7 Å². The molecule has 0 saturated heterocycles. The lowest BCUT2D eigenvalue weighted by Crippen LogP contribution is -2.37. The van der Waals surface area contributed by atoms with Crippen LogP contribution in [0.2, 0.25) is 0 Å². The van der Waals surface area contributed by atoms with Crippen LogP contribution < -0.4 is 10.2 Å². The number of anilines is 1. The lowest BCUT2D eigenvalue weighted by molar-refractivity contribution is 0.482. The zero-order chi connectivity index (χ0) is 21.2. The fraction of sp³-hybridized carbons (Fsp3) is 0.625. The fourth-order valence-corrected chi connectivity index (χ4v) is 3.43. The maximum atomic E-state index is 6.08. The Morgan fingerprint density at radius 1 is 1.19 bits per heavy atom. The molecule has 1 aromatic carbocycles. The van der Waals surface area contributed by atoms with Crippen molar-refractivity contribution in [3.05, 3.63) is 42.0 Å². The number of hydrogen-bond acceptors (Lipinski definition) is 3. The van der Waals surface area contributed by atoms with Crippen LogP contribution in [-0.2, 0) is 0 Å². The lowest BCUT2D eigenvalue weighted by atomic mass is 9.92. The van der Waals surface area contributed by atoms with E-state index in [1.807, 2.05) is 20.8 Å². The molecule has 1 aliphatic rings. The summed E-state index contributed by atoms with van der Waals surface area (Å²) in [5.41, 5.74) is 4.40. The van der Waals surface area contributed by atoms with Gasteiger partial charge in [-0.3, -0.25) is 0 Å². The van der Waals surface area contributed by atoms with Crippen LogP contribution in [-0.4, -0.2) is 31.9 Å². The average molecular weight is 376 g/mol. The van der Waals surface area contributed by atoms with Gasteiger partial charge in [-0.1, -0.05) is 51.5 Å². The van der Waals surface area contributed by atoms with E-state index in [2.05, 4.69) is 62.7 Å². The molecule has 27 heavy (non-hydrogen) atoms. The number of nitrogens with zero attached hydrogens (tertiary/aromatic N) is 1. The summed E-state index contributed by atoms with van der Waals surface area (Å²) in [5, 5.41) is 9.70. The third-order valence-electron chi connectivity index (χ3n) is 4.31. The summed E-state index contributed by atoms with van der Waals surface area (Å²) in [6, 6.07) is 7.62. The van der Waals surface area contributed by atoms with Crippen molar-refractivity contribution in [2.75, 3.05) is 24.5 Å². The quantitative estimate of drug-likeness (QED) is 0.335. The molecule has 0 aliphatic carbocycles. The van der Waals surface area contributed by atoms with Crippen molar-refractivity contribution in [3.63, 3.8) is 0 Å². The van der Waals surface area contributed by atoms with Crippen LogP contribution in [0.3, 0.4) is 0 Å². The normalized spacial score (nSPS) is 16.5. The predicted molar refractivity (Wildman–Crippen MR) is 126 cm³/mol. The number of nitrogens with one attached hydrogen (secondary N) is 2. The van der Waals surface area contributed by atoms with E-state index in [0.29, 0.717) is 12.0 Å². The largest absolute Gasteiger partial charge is 0.368 e. The van der Waals surface area contributed by atoms with Crippen LogP contribution in [0.5, 0.6) is 0 Å². The minimum Gasteiger partial charge on any atom is -0.368 e. The number of aryl methyl sites for hydroxylation is 1. The number of benzene rings is 1. The number of allylic oxidation sites excluding steroid dienone is 1. The molecule has 0 saturated carbocycles. The minimum absolute atomic E-state index is 0.645. The summed E-state index contributed by atoms with van der Waals surface area (Å²) >= 11 is 0. The van der Waals surface area contributed by atoms with Gasteiger partial charge in [0.1, 0.15) is 0 Å². The Morgan fingerprint density at radius 2 is 1.74 bits per heavy atom. The van der Waals surface area contributed by atoms with Gasteiger partial charge < -0.3 is 15.6 Å². The molecule has 2 atom stereocenters. The molecule has 0 spiro atoms. The van der Waals surface area contributed by atoms with E-state index in [9.17, 15) is 0 Å². The van der Waals surface area contributed by atoms with Gasteiger partial charge in [0.15, 0.2) is 0 Å². The van der Waals surface area contributed by atoms with Crippen molar-refractivity contribution >= 4 is 11.9 Å². The maximum absolute atomic E-state index is 6.08. The summed E-state index contributed by atoms with van der Waals surface area (Å²) in [7, 11) is 0. The van der Waals surface area contributed by atoms with E-state index < -0.39 is 0 Å². The van der Waals surface area contributed by atoms with Crippen molar-refractivity contribution in [2.45, 2.75) is 80.2 Å². The first kappa shape index (κ1) is 27.6. The van der Waals surface area contributed by atoms with E-state index in [4.69, 9.17) is 5.41 Å². The zero-order valence-corrected chi connectivity index (χ0v) is 19.2. The van der Waals surface area contributed by atoms with E-state index in [-0.39, 0.29) is 0 Å². The molecule has 0 aromatic heterocycles. The van der Waals surface area contributed by atoms with Crippen molar-refractivity contribution < 1.29 is 0 Å². The lowest BCUT2D eigenvalue weighted by Gasteiger charge is -2.28. The molecule has 2 N–H and O–H groups in total. The molecule has 0 amide bonds. The first-order chi connectivity index (χ1) is 13.1. The van der Waals surface area contributed by atoms with Crippen LogP contribution >= 0.6 is 0 Å². The summed E-state index contributed by atoms with van der Waals surface area (Å²) in [6.07, 6.45) is 5.43. The molecule has 2 rings (SSSR count). The van der Waals surface area contributed by atoms with Crippen LogP contribution in [0.1, 0.15) is 78.4 Å². The van der Waals surface area contributed by atoms with Crippen molar-refractivity contribution in [3.8, 4) is 0 Å². The molecule has 156 valence electrons. The first-order valence-electron chi connectivity index (χ1n) is 10.7. The monoisotopic (exact) mass is 375 g/mol. The molecular weight excluding hydrogens is 330 g/mol. The molecule has 1 heterocycles. The van der Waals surface area contributed by atoms with Gasteiger partial charge >= 0.3 is 0 Å². The van der Waals surface area contributed by atoms with Crippen molar-refractivity contribution in [1.82, 2.24) is 5.32 Å². The Labute approximate surface area is 169 Å². The van der Waals surface area contributed by atoms with Crippen LogP contribution in [0, 0.1) is 12.3 Å². The number of rotatable bonds is 6. The van der Waals surface area contributed by atoms with Gasteiger partial charge in [0.25, 0.3) is 0 Å². The molecule has 3 nitrogen and oxygen atoms in total. The summed E-state index contributed by atoms with van der Waals surface area (Å²) in [5.74, 6) is 0.645. The number of hydrogen-bond donors (Lipinski definition) is 2. The Morgan fingerprint density at radius 3 is 2.19 bits per heavy atom. The SMILES string of the molecule is C=CC.CC.CC=N.CCCNCC1c2cc(C)ccc2N(CC)C1CC. The fourth-order valence-electron chi connectivity index (χ4n) is 3.43. The molecule has 1 aliphatic heterocycles. The summed E-state index contributed by atoms with van der Waals surface area (Å²) < 4.78 is 0. The standard InChI is InChI=1S/C17H28N2.C3H6.C2H5N.C2H6/c1-5-10-18-12-15-14-11-13(4)8-9-17(14)19(7-3)16(15)6-2;1-3-2;1-2-3;1-2/h8-9,11,15-16,18H,5-7,10,12H2,1-4H3;3H,1H2,2H3;2-3H,1H3;1-2H3. The summed E-state index contributed by atoms with van der Waals surface area (Å²) in [4.78, 5) is 2.59. The van der Waals surface area contributed by atoms with E-state index in [1.54, 1.807) is 18.6 Å². The second-order valence-corrected chi connectivity index (χ2v) is 6.33. The van der Waals surface area contributed by atoms with Gasteiger partial charge in [-0.2, -0.15) is 0 Å². The number of likely N-dealkylation sites (N-methyl/N-ethyl adjacent to an activating group) is 1. The second-order valence-electron chi connectivity index (χ2n) is 6.33. The Balaban J connectivity index is 0. The van der Waals surface area contributed by atoms with Crippen LogP contribution in [0.25, 0.3) is 0 Å². The van der Waals surface area contributed by atoms with Crippen molar-refractivity contribution in [1.29, 1.82) is 5.41 Å². The predicted octanol–water partition coefficient (Wildman–Crippen LogP) is 6.57. The molecule has 3 heteroatoms. The Hall–Kier alpha value is -1.61. The Kier molecular flexibility index (Phi) is 18.2. The highest BCUT2D eigenvalue weighted by Gasteiger charge is 2.35. The Bertz CT molecular complexity index is 490. The average Bonchev–Trinajstić information content (AvgIpc) is 2.97. The third kappa shape index (κ3) is 9.23. The first-order valence-corrected chi connectivity index (χ1v) is 10.7. The highest BCUT2D eigenvalue weighted by molar-refractivity contribution is 5.63. The number of fused-ring (bicyclic) bond motifs is 1. The topological polar surface area (TPSA) is 39.1 Å². The molecular formula is C24H45N3. The second kappa shape index (κ2) is 17.8. The van der Waals surface area contributed by atoms with Gasteiger partial charge in [-0.25, -0.2) is 0 Å². The molecule has 0 fully saturated rings. The molecule has 0 bridgehead atoms. The molecule has 1 aromatic rings. The molecule has 2 unspecified atom stereocenters. The van der Waals surface area contributed by atoms with Gasteiger partial charge in [0.05, 0.1) is 0 Å². The van der Waals surface area contributed by atoms with Crippen molar-refractivity contribution in [2.24, 2.45) is 0 Å². The van der Waals surface area contributed by atoms with E-state index in [0.717, 1.165) is 19.6 Å². The van der Waals surface area contributed by atoms with Crippen LogP contribution in [0.15, 0.2) is 30.9 Å². The zero-order valence-electron chi connectivity index (χ0n) is 19.2. The molecule has 0 radical (unpaired) electrons. The van der Waals surface area contributed by atoms with Gasteiger partial charge in [0.2, 0.25) is 0 Å².